The molecule has 0 saturated carbocycles. The third-order valence-corrected chi connectivity index (χ3v) is 2.87. The van der Waals surface area contributed by atoms with Crippen molar-refractivity contribution in [3.63, 3.8) is 0 Å². The lowest BCUT2D eigenvalue weighted by atomic mass is 10.1. The number of hydrogen-bond donors (Lipinski definition) is 1. The van der Waals surface area contributed by atoms with Crippen molar-refractivity contribution >= 4 is 11.0 Å². The van der Waals surface area contributed by atoms with Gasteiger partial charge in [0.2, 0.25) is 0 Å². The molecule has 1 N–H and O–H groups in total. The molecule has 4 heteroatoms. The minimum atomic E-state index is 0.210. The van der Waals surface area contributed by atoms with Crippen LogP contribution in [0.1, 0.15) is 24.9 Å². The minimum Gasteiger partial charge on any atom is -0.383 e. The van der Waals surface area contributed by atoms with Crippen molar-refractivity contribution in [2.75, 3.05) is 20.3 Å². The Balaban J connectivity index is 2.25. The third-order valence-electron chi connectivity index (χ3n) is 2.87. The summed E-state index contributed by atoms with van der Waals surface area (Å²) in [6.45, 7) is 3.79. The van der Waals surface area contributed by atoms with Gasteiger partial charge in [0.15, 0.2) is 0 Å². The highest BCUT2D eigenvalue weighted by Crippen LogP contribution is 2.18. The molecule has 18 heavy (non-hydrogen) atoms. The first kappa shape index (κ1) is 12.9. The third kappa shape index (κ3) is 3.03. The Labute approximate surface area is 107 Å². The number of methoxy groups -OCH3 is 1. The molecule has 0 spiro atoms. The van der Waals surface area contributed by atoms with Crippen molar-refractivity contribution in [1.29, 1.82) is 0 Å². The lowest BCUT2D eigenvalue weighted by Gasteiger charge is -2.18. The van der Waals surface area contributed by atoms with Gasteiger partial charge in [-0.15, -0.1) is 0 Å². The van der Waals surface area contributed by atoms with Crippen LogP contribution in [0, 0.1) is 0 Å². The van der Waals surface area contributed by atoms with E-state index >= 15 is 0 Å². The van der Waals surface area contributed by atoms with Crippen molar-refractivity contribution in [3.05, 3.63) is 36.2 Å². The predicted octanol–water partition coefficient (Wildman–Crippen LogP) is 2.32. The van der Waals surface area contributed by atoms with Gasteiger partial charge < -0.3 is 10.1 Å². The first-order chi connectivity index (χ1) is 8.85. The maximum Gasteiger partial charge on any atom is 0.0890 e. The van der Waals surface area contributed by atoms with Crippen molar-refractivity contribution in [1.82, 2.24) is 15.3 Å². The quantitative estimate of drug-likeness (QED) is 0.848. The van der Waals surface area contributed by atoms with Gasteiger partial charge in [-0.1, -0.05) is 13.0 Å². The first-order valence-corrected chi connectivity index (χ1v) is 6.28. The second-order valence-corrected chi connectivity index (χ2v) is 4.27. The van der Waals surface area contributed by atoms with Crippen LogP contribution >= 0.6 is 0 Å². The van der Waals surface area contributed by atoms with E-state index in [1.165, 1.54) is 5.56 Å². The van der Waals surface area contributed by atoms with Gasteiger partial charge in [-0.25, -0.2) is 0 Å². The van der Waals surface area contributed by atoms with Crippen LogP contribution in [0.5, 0.6) is 0 Å². The highest BCUT2D eigenvalue weighted by Gasteiger charge is 2.11. The zero-order chi connectivity index (χ0) is 12.8. The van der Waals surface area contributed by atoms with Gasteiger partial charge >= 0.3 is 0 Å². The zero-order valence-electron chi connectivity index (χ0n) is 10.9. The summed E-state index contributed by atoms with van der Waals surface area (Å²) in [6.07, 6.45) is 4.54. The molecule has 1 aromatic heterocycles. The molecule has 1 aromatic carbocycles. The second kappa shape index (κ2) is 6.42. The Kier molecular flexibility index (Phi) is 4.61. The average molecular weight is 245 g/mol. The number of rotatable bonds is 6. The monoisotopic (exact) mass is 245 g/mol. The Bertz CT molecular complexity index is 501. The standard InChI is InChI=1S/C14H19N3O/c1-3-6-15-14(10-18-2)11-4-5-12-13(9-11)17-8-7-16-12/h4-5,7-9,14-15H,3,6,10H2,1-2H3. The molecule has 2 aromatic rings. The van der Waals surface area contributed by atoms with Crippen molar-refractivity contribution in [3.8, 4) is 0 Å². The summed E-state index contributed by atoms with van der Waals surface area (Å²) in [7, 11) is 1.72. The molecule has 0 aliphatic rings. The van der Waals surface area contributed by atoms with Crippen LogP contribution in [0.15, 0.2) is 30.6 Å². The van der Waals surface area contributed by atoms with Gasteiger partial charge in [0, 0.05) is 19.5 Å². The zero-order valence-corrected chi connectivity index (χ0v) is 10.9. The molecule has 0 bridgehead atoms. The summed E-state index contributed by atoms with van der Waals surface area (Å²) in [6, 6.07) is 6.38. The van der Waals surface area contributed by atoms with Crippen molar-refractivity contribution in [2.24, 2.45) is 0 Å². The molecule has 1 atom stereocenters. The minimum absolute atomic E-state index is 0.210. The van der Waals surface area contributed by atoms with E-state index in [0.717, 1.165) is 24.0 Å². The molecular weight excluding hydrogens is 226 g/mol. The fraction of sp³-hybridized carbons (Fsp3) is 0.429. The molecule has 0 aliphatic heterocycles. The summed E-state index contributed by atoms with van der Waals surface area (Å²) < 4.78 is 5.27. The molecule has 0 fully saturated rings. The average Bonchev–Trinajstić information content (AvgIpc) is 2.43. The van der Waals surface area contributed by atoms with E-state index in [4.69, 9.17) is 4.74 Å². The normalized spacial score (nSPS) is 12.8. The number of nitrogens with one attached hydrogen (secondary N) is 1. The van der Waals surface area contributed by atoms with Gasteiger partial charge in [0.05, 0.1) is 23.7 Å². The van der Waals surface area contributed by atoms with Crippen LogP contribution in [0.4, 0.5) is 0 Å². The van der Waals surface area contributed by atoms with Crippen LogP contribution in [-0.2, 0) is 4.74 Å². The summed E-state index contributed by atoms with van der Waals surface area (Å²) in [5.41, 5.74) is 3.04. The van der Waals surface area contributed by atoms with E-state index < -0.39 is 0 Å². The van der Waals surface area contributed by atoms with Crippen LogP contribution in [0.2, 0.25) is 0 Å². The topological polar surface area (TPSA) is 47.0 Å². The van der Waals surface area contributed by atoms with Crippen LogP contribution in [-0.4, -0.2) is 30.2 Å². The number of fused-ring (bicyclic) bond motifs is 1. The van der Waals surface area contributed by atoms with E-state index in [2.05, 4.69) is 34.3 Å². The molecule has 96 valence electrons. The number of hydrogen-bond acceptors (Lipinski definition) is 4. The largest absolute Gasteiger partial charge is 0.383 e. The Morgan fingerprint density at radius 1 is 1.22 bits per heavy atom. The smallest absolute Gasteiger partial charge is 0.0890 e. The Morgan fingerprint density at radius 3 is 2.72 bits per heavy atom. The van der Waals surface area contributed by atoms with Crippen LogP contribution in [0.3, 0.4) is 0 Å². The van der Waals surface area contributed by atoms with Crippen LogP contribution < -0.4 is 5.32 Å². The lowest BCUT2D eigenvalue weighted by Crippen LogP contribution is -2.25. The summed E-state index contributed by atoms with van der Waals surface area (Å²) in [4.78, 5) is 8.61. The van der Waals surface area contributed by atoms with Gasteiger partial charge in [0.25, 0.3) is 0 Å². The number of aromatic nitrogens is 2. The molecule has 4 nitrogen and oxygen atoms in total. The van der Waals surface area contributed by atoms with E-state index in [-0.39, 0.29) is 6.04 Å². The fourth-order valence-electron chi connectivity index (χ4n) is 1.96. The molecule has 0 radical (unpaired) electrons. The molecule has 1 unspecified atom stereocenters. The maximum absolute atomic E-state index is 5.27. The Hall–Kier alpha value is -1.52. The molecule has 1 heterocycles. The fourth-order valence-corrected chi connectivity index (χ4v) is 1.96. The van der Waals surface area contributed by atoms with E-state index in [1.54, 1.807) is 19.5 Å². The highest BCUT2D eigenvalue weighted by molar-refractivity contribution is 5.74. The van der Waals surface area contributed by atoms with E-state index in [0.29, 0.717) is 6.61 Å². The number of ether oxygens (including phenoxy) is 1. The SMILES string of the molecule is CCCNC(COC)c1ccc2nccnc2c1. The first-order valence-electron chi connectivity index (χ1n) is 6.28. The second-order valence-electron chi connectivity index (χ2n) is 4.27. The van der Waals surface area contributed by atoms with Gasteiger partial charge in [-0.3, -0.25) is 9.97 Å². The summed E-state index contributed by atoms with van der Waals surface area (Å²) in [5.74, 6) is 0. The lowest BCUT2D eigenvalue weighted by molar-refractivity contribution is 0.167. The van der Waals surface area contributed by atoms with Gasteiger partial charge in [-0.05, 0) is 30.7 Å². The van der Waals surface area contributed by atoms with Gasteiger partial charge in [-0.2, -0.15) is 0 Å². The van der Waals surface area contributed by atoms with Gasteiger partial charge in [0.1, 0.15) is 0 Å². The number of nitrogens with zero attached hydrogens (tertiary/aromatic N) is 2. The van der Waals surface area contributed by atoms with E-state index in [1.807, 2.05) is 6.07 Å². The molecule has 0 saturated heterocycles. The molecular formula is C14H19N3O. The highest BCUT2D eigenvalue weighted by atomic mass is 16.5. The number of benzene rings is 1. The maximum atomic E-state index is 5.27. The van der Waals surface area contributed by atoms with Crippen molar-refractivity contribution < 1.29 is 4.74 Å². The van der Waals surface area contributed by atoms with Crippen LogP contribution in [0.25, 0.3) is 11.0 Å². The summed E-state index contributed by atoms with van der Waals surface area (Å²) >= 11 is 0. The molecule has 2 rings (SSSR count). The molecule has 0 amide bonds. The Morgan fingerprint density at radius 2 is 2.00 bits per heavy atom. The predicted molar refractivity (Wildman–Crippen MR) is 72.4 cm³/mol. The van der Waals surface area contributed by atoms with Crippen molar-refractivity contribution in [2.45, 2.75) is 19.4 Å². The molecule has 0 aliphatic carbocycles. The summed E-state index contributed by atoms with van der Waals surface area (Å²) in [5, 5.41) is 3.48. The van der Waals surface area contributed by atoms with E-state index in [9.17, 15) is 0 Å².